The molecule has 0 spiro atoms. The summed E-state index contributed by atoms with van der Waals surface area (Å²) < 4.78 is 0. The van der Waals surface area contributed by atoms with Gasteiger partial charge in [0.2, 0.25) is 5.91 Å². The van der Waals surface area contributed by atoms with Crippen LogP contribution < -0.4 is 16.0 Å². The third-order valence-electron chi connectivity index (χ3n) is 3.73. The van der Waals surface area contributed by atoms with Gasteiger partial charge in [0.1, 0.15) is 0 Å². The normalized spacial score (nSPS) is 10.9. The highest BCUT2D eigenvalue weighted by atomic mass is 16.3. The minimum Gasteiger partial charge on any atom is -0.394 e. The van der Waals surface area contributed by atoms with Gasteiger partial charge in [-0.05, 0) is 56.2 Å². The molecule has 0 fully saturated rings. The molecule has 0 aliphatic heterocycles. The highest BCUT2D eigenvalue weighted by molar-refractivity contribution is 5.99. The predicted octanol–water partition coefficient (Wildman–Crippen LogP) is 3.07. The smallest absolute Gasteiger partial charge is 0.323 e. The molecule has 4 N–H and O–H groups in total. The molecule has 3 amide bonds. The predicted molar refractivity (Wildman–Crippen MR) is 103 cm³/mol. The van der Waals surface area contributed by atoms with E-state index in [-0.39, 0.29) is 25.0 Å². The molecule has 2 aromatic carbocycles. The summed E-state index contributed by atoms with van der Waals surface area (Å²) in [5.74, 6) is -0.165. The SMILES string of the molecule is Cc1cccc(NC(=O)Nc2ccc(CC(=O)NC(C)(C)CO)cc2)c1. The van der Waals surface area contributed by atoms with Crippen molar-refractivity contribution in [1.29, 1.82) is 0 Å². The molecule has 26 heavy (non-hydrogen) atoms. The van der Waals surface area contributed by atoms with E-state index >= 15 is 0 Å². The largest absolute Gasteiger partial charge is 0.394 e. The van der Waals surface area contributed by atoms with Crippen molar-refractivity contribution in [2.75, 3.05) is 17.2 Å². The van der Waals surface area contributed by atoms with Gasteiger partial charge >= 0.3 is 6.03 Å². The number of carbonyl (C=O) groups is 2. The highest BCUT2D eigenvalue weighted by Gasteiger charge is 2.18. The molecule has 0 saturated heterocycles. The molecule has 6 heteroatoms. The number of hydrogen-bond acceptors (Lipinski definition) is 3. The van der Waals surface area contributed by atoms with Gasteiger partial charge in [0.25, 0.3) is 0 Å². The van der Waals surface area contributed by atoms with Crippen LogP contribution in [0.5, 0.6) is 0 Å². The van der Waals surface area contributed by atoms with E-state index in [9.17, 15) is 14.7 Å². The molecule has 2 rings (SSSR count). The second-order valence-corrected chi connectivity index (χ2v) is 6.91. The van der Waals surface area contributed by atoms with Crippen molar-refractivity contribution >= 4 is 23.3 Å². The van der Waals surface area contributed by atoms with Crippen LogP contribution in [0.15, 0.2) is 48.5 Å². The Morgan fingerprint density at radius 3 is 2.27 bits per heavy atom. The third kappa shape index (κ3) is 6.22. The van der Waals surface area contributed by atoms with Crippen LogP contribution >= 0.6 is 0 Å². The molecule has 0 bridgehead atoms. The van der Waals surface area contributed by atoms with Gasteiger partial charge in [0.05, 0.1) is 18.6 Å². The first-order valence-corrected chi connectivity index (χ1v) is 8.43. The molecular formula is C20H25N3O3. The number of aryl methyl sites for hydroxylation is 1. The zero-order chi connectivity index (χ0) is 19.2. The lowest BCUT2D eigenvalue weighted by molar-refractivity contribution is -0.122. The minimum atomic E-state index is -0.646. The van der Waals surface area contributed by atoms with Crippen LogP contribution in [-0.4, -0.2) is 29.2 Å². The fourth-order valence-electron chi connectivity index (χ4n) is 2.37. The van der Waals surface area contributed by atoms with E-state index in [1.165, 1.54) is 0 Å². The molecular weight excluding hydrogens is 330 g/mol. The van der Waals surface area contributed by atoms with Crippen molar-refractivity contribution in [3.8, 4) is 0 Å². The summed E-state index contributed by atoms with van der Waals surface area (Å²) in [6.07, 6.45) is 0.208. The van der Waals surface area contributed by atoms with Gasteiger partial charge in [-0.1, -0.05) is 24.3 Å². The lowest BCUT2D eigenvalue weighted by atomic mass is 10.1. The summed E-state index contributed by atoms with van der Waals surface area (Å²) >= 11 is 0. The standard InChI is InChI=1S/C20H25N3O3/c1-14-5-4-6-17(11-14)22-19(26)21-16-9-7-15(8-10-16)12-18(25)23-20(2,3)13-24/h4-11,24H,12-13H2,1-3H3,(H,23,25)(H2,21,22,26). The van der Waals surface area contributed by atoms with E-state index in [1.807, 2.05) is 31.2 Å². The zero-order valence-corrected chi connectivity index (χ0v) is 15.3. The van der Waals surface area contributed by atoms with E-state index in [0.717, 1.165) is 16.8 Å². The second-order valence-electron chi connectivity index (χ2n) is 6.91. The molecule has 138 valence electrons. The van der Waals surface area contributed by atoms with Crippen LogP contribution in [-0.2, 0) is 11.2 Å². The van der Waals surface area contributed by atoms with Crippen molar-refractivity contribution in [3.05, 3.63) is 59.7 Å². The molecule has 0 saturated carbocycles. The lowest BCUT2D eigenvalue weighted by Gasteiger charge is -2.23. The first-order valence-electron chi connectivity index (χ1n) is 8.43. The molecule has 0 atom stereocenters. The van der Waals surface area contributed by atoms with Gasteiger partial charge in [0, 0.05) is 11.4 Å². The van der Waals surface area contributed by atoms with E-state index < -0.39 is 5.54 Å². The van der Waals surface area contributed by atoms with Crippen LogP contribution in [0, 0.1) is 6.92 Å². The van der Waals surface area contributed by atoms with E-state index in [1.54, 1.807) is 38.1 Å². The van der Waals surface area contributed by atoms with Crippen LogP contribution in [0.2, 0.25) is 0 Å². The Kier molecular flexibility index (Phi) is 6.36. The Balaban J connectivity index is 1.88. The van der Waals surface area contributed by atoms with Gasteiger partial charge in [-0.3, -0.25) is 4.79 Å². The molecule has 0 heterocycles. The van der Waals surface area contributed by atoms with Crippen molar-refractivity contribution in [1.82, 2.24) is 5.32 Å². The Morgan fingerprint density at radius 1 is 1.00 bits per heavy atom. The van der Waals surface area contributed by atoms with Crippen molar-refractivity contribution in [3.63, 3.8) is 0 Å². The van der Waals surface area contributed by atoms with Gasteiger partial charge in [-0.15, -0.1) is 0 Å². The monoisotopic (exact) mass is 355 g/mol. The number of benzene rings is 2. The number of rotatable bonds is 6. The van der Waals surface area contributed by atoms with E-state index in [2.05, 4.69) is 16.0 Å². The van der Waals surface area contributed by atoms with Crippen molar-refractivity contribution in [2.45, 2.75) is 32.7 Å². The van der Waals surface area contributed by atoms with E-state index in [4.69, 9.17) is 0 Å². The van der Waals surface area contributed by atoms with Gasteiger partial charge in [0.15, 0.2) is 0 Å². The van der Waals surface area contributed by atoms with Crippen LogP contribution in [0.25, 0.3) is 0 Å². The summed E-state index contributed by atoms with van der Waals surface area (Å²) in [6.45, 7) is 5.34. The summed E-state index contributed by atoms with van der Waals surface area (Å²) in [4.78, 5) is 24.0. The topological polar surface area (TPSA) is 90.5 Å². The molecule has 2 aromatic rings. The molecule has 6 nitrogen and oxygen atoms in total. The summed E-state index contributed by atoms with van der Waals surface area (Å²) in [5.41, 5.74) is 2.60. The molecule has 0 radical (unpaired) electrons. The second kappa shape index (κ2) is 8.49. The van der Waals surface area contributed by atoms with Crippen molar-refractivity contribution in [2.24, 2.45) is 0 Å². The fraction of sp³-hybridized carbons (Fsp3) is 0.300. The van der Waals surface area contributed by atoms with E-state index in [0.29, 0.717) is 5.69 Å². The number of aliphatic hydroxyl groups is 1. The number of aliphatic hydroxyl groups excluding tert-OH is 1. The first kappa shape index (κ1) is 19.5. The van der Waals surface area contributed by atoms with Gasteiger partial charge < -0.3 is 21.1 Å². The highest BCUT2D eigenvalue weighted by Crippen LogP contribution is 2.13. The van der Waals surface area contributed by atoms with Gasteiger partial charge in [-0.2, -0.15) is 0 Å². The maximum absolute atomic E-state index is 12.0. The molecule has 0 aliphatic carbocycles. The number of anilines is 2. The number of urea groups is 1. The third-order valence-corrected chi connectivity index (χ3v) is 3.73. The number of amides is 3. The van der Waals surface area contributed by atoms with Crippen molar-refractivity contribution < 1.29 is 14.7 Å². The number of carbonyl (C=O) groups excluding carboxylic acids is 2. The first-order chi connectivity index (χ1) is 12.3. The Hall–Kier alpha value is -2.86. The Morgan fingerprint density at radius 2 is 1.65 bits per heavy atom. The maximum Gasteiger partial charge on any atom is 0.323 e. The zero-order valence-electron chi connectivity index (χ0n) is 15.3. The molecule has 0 aromatic heterocycles. The fourth-order valence-corrected chi connectivity index (χ4v) is 2.37. The summed E-state index contributed by atoms with van der Waals surface area (Å²) in [5, 5.41) is 17.5. The number of hydrogen-bond donors (Lipinski definition) is 4. The van der Waals surface area contributed by atoms with Crippen LogP contribution in [0.3, 0.4) is 0 Å². The molecule has 0 aliphatic rings. The van der Waals surface area contributed by atoms with Gasteiger partial charge in [-0.25, -0.2) is 4.79 Å². The average molecular weight is 355 g/mol. The minimum absolute atomic E-state index is 0.127. The molecule has 0 unspecified atom stereocenters. The van der Waals surface area contributed by atoms with Crippen LogP contribution in [0.1, 0.15) is 25.0 Å². The van der Waals surface area contributed by atoms with Crippen LogP contribution in [0.4, 0.5) is 16.2 Å². The lowest BCUT2D eigenvalue weighted by Crippen LogP contribution is -2.46. The maximum atomic E-state index is 12.0. The average Bonchev–Trinajstić information content (AvgIpc) is 2.56. The summed E-state index contributed by atoms with van der Waals surface area (Å²) in [6, 6.07) is 14.3. The number of nitrogens with one attached hydrogen (secondary N) is 3. The Bertz CT molecular complexity index is 770. The summed E-state index contributed by atoms with van der Waals surface area (Å²) in [7, 11) is 0. The Labute approximate surface area is 153 Å². The quantitative estimate of drug-likeness (QED) is 0.642.